The maximum Gasteiger partial charge on any atom is 0.258 e. The van der Waals surface area contributed by atoms with Crippen molar-refractivity contribution in [2.24, 2.45) is 0 Å². The van der Waals surface area contributed by atoms with E-state index in [0.717, 1.165) is 12.0 Å². The Labute approximate surface area is 144 Å². The van der Waals surface area contributed by atoms with Gasteiger partial charge in [-0.1, -0.05) is 19.1 Å². The Morgan fingerprint density at radius 2 is 2.04 bits per heavy atom. The van der Waals surface area contributed by atoms with Gasteiger partial charge in [-0.2, -0.15) is 0 Å². The third kappa shape index (κ3) is 6.76. The highest BCUT2D eigenvalue weighted by molar-refractivity contribution is 5.78. The molecule has 0 aliphatic heterocycles. The van der Waals surface area contributed by atoms with E-state index in [2.05, 4.69) is 10.6 Å². The van der Waals surface area contributed by atoms with E-state index in [1.54, 1.807) is 13.2 Å². The summed E-state index contributed by atoms with van der Waals surface area (Å²) in [7, 11) is 1.57. The standard InChI is InChI=1S/C18H30N2O4/c1-6-14(11-21)19-10-13-8-7-9-15(23-5)17(13)24-12-16(22)20-18(2,3)4/h7-9,14,19,21H,6,10-12H2,1-5H3,(H,20,22). The van der Waals surface area contributed by atoms with Crippen LogP contribution in [-0.4, -0.2) is 42.9 Å². The van der Waals surface area contributed by atoms with Crippen molar-refractivity contribution in [2.75, 3.05) is 20.3 Å². The molecule has 1 aromatic rings. The van der Waals surface area contributed by atoms with Gasteiger partial charge in [-0.15, -0.1) is 0 Å². The predicted molar refractivity (Wildman–Crippen MR) is 94.4 cm³/mol. The highest BCUT2D eigenvalue weighted by atomic mass is 16.5. The highest BCUT2D eigenvalue weighted by Crippen LogP contribution is 2.31. The zero-order valence-electron chi connectivity index (χ0n) is 15.3. The van der Waals surface area contributed by atoms with Gasteiger partial charge in [0.2, 0.25) is 0 Å². The van der Waals surface area contributed by atoms with Crippen LogP contribution in [0, 0.1) is 0 Å². The van der Waals surface area contributed by atoms with Crippen LogP contribution in [0.2, 0.25) is 0 Å². The second-order valence-electron chi connectivity index (χ2n) is 6.70. The second kappa shape index (κ2) is 9.49. The predicted octanol–water partition coefficient (Wildman–Crippen LogP) is 1.85. The van der Waals surface area contributed by atoms with Gasteiger partial charge in [-0.25, -0.2) is 0 Å². The normalized spacial score (nSPS) is 12.6. The van der Waals surface area contributed by atoms with Crippen LogP contribution in [0.5, 0.6) is 11.5 Å². The van der Waals surface area contributed by atoms with Crippen molar-refractivity contribution in [2.45, 2.75) is 52.2 Å². The Morgan fingerprint density at radius 3 is 2.58 bits per heavy atom. The zero-order valence-corrected chi connectivity index (χ0v) is 15.3. The summed E-state index contributed by atoms with van der Waals surface area (Å²) in [6.45, 7) is 8.28. The van der Waals surface area contributed by atoms with E-state index in [0.29, 0.717) is 18.0 Å². The molecule has 1 aromatic carbocycles. The van der Waals surface area contributed by atoms with Crippen molar-refractivity contribution in [1.82, 2.24) is 10.6 Å². The maximum atomic E-state index is 12.0. The van der Waals surface area contributed by atoms with Crippen LogP contribution >= 0.6 is 0 Å². The van der Waals surface area contributed by atoms with Gasteiger partial charge in [0.25, 0.3) is 5.91 Å². The van der Waals surface area contributed by atoms with Crippen LogP contribution in [0.3, 0.4) is 0 Å². The number of carbonyl (C=O) groups excluding carboxylic acids is 1. The average molecular weight is 338 g/mol. The second-order valence-corrected chi connectivity index (χ2v) is 6.70. The first kappa shape index (κ1) is 20.3. The summed E-state index contributed by atoms with van der Waals surface area (Å²) in [5, 5.41) is 15.4. The van der Waals surface area contributed by atoms with Crippen molar-refractivity contribution >= 4 is 5.91 Å². The lowest BCUT2D eigenvalue weighted by molar-refractivity contribution is -0.124. The van der Waals surface area contributed by atoms with E-state index >= 15 is 0 Å². The van der Waals surface area contributed by atoms with Crippen molar-refractivity contribution in [3.63, 3.8) is 0 Å². The third-order valence-electron chi connectivity index (χ3n) is 3.44. The van der Waals surface area contributed by atoms with Gasteiger partial charge in [0.15, 0.2) is 18.1 Å². The fraction of sp³-hybridized carbons (Fsp3) is 0.611. The molecule has 0 spiro atoms. The molecule has 0 radical (unpaired) electrons. The van der Waals surface area contributed by atoms with Crippen LogP contribution in [0.4, 0.5) is 0 Å². The van der Waals surface area contributed by atoms with E-state index in [4.69, 9.17) is 9.47 Å². The van der Waals surface area contributed by atoms with Gasteiger partial charge in [0, 0.05) is 23.7 Å². The van der Waals surface area contributed by atoms with E-state index in [-0.39, 0.29) is 30.7 Å². The fourth-order valence-electron chi connectivity index (χ4n) is 2.21. The number of aliphatic hydroxyl groups is 1. The minimum Gasteiger partial charge on any atom is -0.493 e. The summed E-state index contributed by atoms with van der Waals surface area (Å²) < 4.78 is 11.1. The molecule has 0 aliphatic carbocycles. The number of hydrogen-bond acceptors (Lipinski definition) is 5. The number of rotatable bonds is 9. The molecule has 0 saturated heterocycles. The first-order chi connectivity index (χ1) is 11.3. The molecule has 6 nitrogen and oxygen atoms in total. The minimum atomic E-state index is -0.304. The largest absolute Gasteiger partial charge is 0.493 e. The molecular weight excluding hydrogens is 308 g/mol. The first-order valence-electron chi connectivity index (χ1n) is 8.24. The molecule has 24 heavy (non-hydrogen) atoms. The molecule has 0 bridgehead atoms. The van der Waals surface area contributed by atoms with Crippen LogP contribution in [0.15, 0.2) is 18.2 Å². The minimum absolute atomic E-state index is 0.0215. The van der Waals surface area contributed by atoms with Gasteiger partial charge in [0.05, 0.1) is 13.7 Å². The number of amides is 1. The summed E-state index contributed by atoms with van der Waals surface area (Å²) >= 11 is 0. The fourth-order valence-corrected chi connectivity index (χ4v) is 2.21. The van der Waals surface area contributed by atoms with Gasteiger partial charge in [0.1, 0.15) is 0 Å². The van der Waals surface area contributed by atoms with E-state index < -0.39 is 0 Å². The Balaban J connectivity index is 2.81. The molecule has 1 amide bonds. The number of ether oxygens (including phenoxy) is 2. The van der Waals surface area contributed by atoms with Crippen molar-refractivity contribution in [1.29, 1.82) is 0 Å². The number of benzene rings is 1. The Morgan fingerprint density at radius 1 is 1.33 bits per heavy atom. The van der Waals surface area contributed by atoms with Crippen molar-refractivity contribution in [3.05, 3.63) is 23.8 Å². The Hall–Kier alpha value is -1.79. The van der Waals surface area contributed by atoms with E-state index in [1.807, 2.05) is 39.8 Å². The molecule has 0 aromatic heterocycles. The van der Waals surface area contributed by atoms with Crippen molar-refractivity contribution in [3.8, 4) is 11.5 Å². The van der Waals surface area contributed by atoms with Crippen LogP contribution in [0.1, 0.15) is 39.7 Å². The topological polar surface area (TPSA) is 79.8 Å². The van der Waals surface area contributed by atoms with Crippen LogP contribution in [0.25, 0.3) is 0 Å². The summed E-state index contributed by atoms with van der Waals surface area (Å²) in [5.41, 5.74) is 0.575. The molecule has 0 aliphatic rings. The quantitative estimate of drug-likeness (QED) is 0.640. The molecule has 1 rings (SSSR count). The van der Waals surface area contributed by atoms with E-state index in [9.17, 15) is 9.90 Å². The lowest BCUT2D eigenvalue weighted by atomic mass is 10.1. The summed E-state index contributed by atoms with van der Waals surface area (Å²) in [6, 6.07) is 5.60. The van der Waals surface area contributed by atoms with Crippen LogP contribution in [-0.2, 0) is 11.3 Å². The number of aliphatic hydroxyl groups excluding tert-OH is 1. The van der Waals surface area contributed by atoms with Gasteiger partial charge >= 0.3 is 0 Å². The summed E-state index contributed by atoms with van der Waals surface area (Å²) in [4.78, 5) is 12.0. The lowest BCUT2D eigenvalue weighted by Crippen LogP contribution is -2.43. The molecule has 136 valence electrons. The molecule has 0 saturated carbocycles. The van der Waals surface area contributed by atoms with Gasteiger partial charge < -0.3 is 25.2 Å². The third-order valence-corrected chi connectivity index (χ3v) is 3.44. The molecule has 1 unspecified atom stereocenters. The molecular formula is C18H30N2O4. The average Bonchev–Trinajstić information content (AvgIpc) is 2.52. The molecule has 6 heteroatoms. The molecule has 0 heterocycles. The first-order valence-corrected chi connectivity index (χ1v) is 8.24. The smallest absolute Gasteiger partial charge is 0.258 e. The number of methoxy groups -OCH3 is 1. The summed E-state index contributed by atoms with van der Waals surface area (Å²) in [6.07, 6.45) is 0.824. The highest BCUT2D eigenvalue weighted by Gasteiger charge is 2.17. The van der Waals surface area contributed by atoms with E-state index in [1.165, 1.54) is 0 Å². The number of hydrogen-bond donors (Lipinski definition) is 3. The Kier molecular flexibility index (Phi) is 8.01. The summed E-state index contributed by atoms with van der Waals surface area (Å²) in [5.74, 6) is 0.938. The number of para-hydroxylation sites is 1. The van der Waals surface area contributed by atoms with Gasteiger partial charge in [-0.05, 0) is 33.3 Å². The number of carbonyl (C=O) groups is 1. The Bertz CT molecular complexity index is 522. The molecule has 1 atom stereocenters. The molecule has 0 fully saturated rings. The zero-order chi connectivity index (χ0) is 18.2. The van der Waals surface area contributed by atoms with Crippen LogP contribution < -0.4 is 20.1 Å². The van der Waals surface area contributed by atoms with Gasteiger partial charge in [-0.3, -0.25) is 4.79 Å². The number of nitrogens with one attached hydrogen (secondary N) is 2. The monoisotopic (exact) mass is 338 g/mol. The lowest BCUT2D eigenvalue weighted by Gasteiger charge is -2.21. The maximum absolute atomic E-state index is 12.0. The SMILES string of the molecule is CCC(CO)NCc1cccc(OC)c1OCC(=O)NC(C)(C)C. The van der Waals surface area contributed by atoms with Crippen molar-refractivity contribution < 1.29 is 19.4 Å². The molecule has 3 N–H and O–H groups in total.